The molecule has 0 unspecified atom stereocenters. The van der Waals surface area contributed by atoms with Crippen molar-refractivity contribution < 1.29 is 26.2 Å². The van der Waals surface area contributed by atoms with Gasteiger partial charge in [-0.3, -0.25) is 0 Å². The summed E-state index contributed by atoms with van der Waals surface area (Å²) >= 11 is -2.42. The molecular weight excluding hydrogens is 646 g/mol. The van der Waals surface area contributed by atoms with Gasteiger partial charge in [0.25, 0.3) is 0 Å². The minimum absolute atomic E-state index is 0. The van der Waals surface area contributed by atoms with Crippen LogP contribution in [0.4, 0.5) is 0 Å². The molecule has 4 aromatic rings. The third-order valence-corrected chi connectivity index (χ3v) is 14.8. The van der Waals surface area contributed by atoms with Gasteiger partial charge < -0.3 is 10.6 Å². The molecule has 38 heavy (non-hydrogen) atoms. The van der Waals surface area contributed by atoms with E-state index in [1.54, 1.807) is 44.5 Å². The molecule has 2 aliphatic carbocycles. The van der Waals surface area contributed by atoms with Gasteiger partial charge in [-0.2, -0.15) is 28.2 Å². The second kappa shape index (κ2) is 15.5. The molecule has 6 rings (SSSR count). The van der Waals surface area contributed by atoms with Gasteiger partial charge >= 0.3 is 218 Å². The molecule has 4 heteroatoms. The first-order valence-corrected chi connectivity index (χ1v) is 17.1. The van der Waals surface area contributed by atoms with E-state index in [0.717, 1.165) is 12.8 Å². The van der Waals surface area contributed by atoms with E-state index in [4.69, 9.17) is 0 Å². The molecule has 0 aliphatic heterocycles. The average Bonchev–Trinajstić information content (AvgIpc) is 3.60. The van der Waals surface area contributed by atoms with E-state index in [1.165, 1.54) is 27.8 Å². The summed E-state index contributed by atoms with van der Waals surface area (Å²) in [5.41, 5.74) is 8.82. The molecule has 0 N–H and O–H groups in total. The van der Waals surface area contributed by atoms with Gasteiger partial charge in [-0.15, -0.1) is 0 Å². The fourth-order valence-electron chi connectivity index (χ4n) is 5.08. The maximum atomic E-state index is 3.50. The van der Waals surface area contributed by atoms with Crippen molar-refractivity contribution in [3.05, 3.63) is 143 Å². The Morgan fingerprint density at radius 3 is 1.87 bits per heavy atom. The molecule has 0 amide bonds. The van der Waals surface area contributed by atoms with E-state index < -0.39 is 19.8 Å². The van der Waals surface area contributed by atoms with Crippen molar-refractivity contribution in [3.63, 3.8) is 0 Å². The predicted octanol–water partition coefficient (Wildman–Crippen LogP) is 6.35. The van der Waals surface area contributed by atoms with Gasteiger partial charge in [0.15, 0.2) is 0 Å². The van der Waals surface area contributed by atoms with Gasteiger partial charge in [0.1, 0.15) is 0 Å². The van der Waals surface area contributed by atoms with Gasteiger partial charge in [0.2, 0.25) is 0 Å². The standard InChI is InChI=1S/C13H9.C11H9.C6H5.2C2H6N.Sn.Zr/c1-3-7-12-10(5-1)9-11-6-2-4-8-13(11)12;1-2-6-10(7-3-1)11-8-4-5-9-11;1-2-4-6-5-3-1;2*1-3-2;;/h1-5,7-8H,9H2;1-6,8H,9H2;1-5H;2*1-2H3;;/q;;;2*-1;;+2. The van der Waals surface area contributed by atoms with Gasteiger partial charge in [0, 0.05) is 0 Å². The summed E-state index contributed by atoms with van der Waals surface area (Å²) < 4.78 is 4.77. The summed E-state index contributed by atoms with van der Waals surface area (Å²) in [6.07, 6.45) is 8.88. The Kier molecular flexibility index (Phi) is 12.5. The zero-order chi connectivity index (χ0) is 26.0. The summed E-state index contributed by atoms with van der Waals surface area (Å²) in [7, 11) is 7.00. The Balaban J connectivity index is 0.000000526. The molecule has 0 heterocycles. The third-order valence-electron chi connectivity index (χ3n) is 6.50. The second-order valence-corrected chi connectivity index (χ2v) is 16.0. The number of nitrogens with zero attached hydrogens (tertiary/aromatic N) is 2. The molecule has 189 valence electrons. The minimum atomic E-state index is -2.42. The van der Waals surface area contributed by atoms with E-state index in [9.17, 15) is 0 Å². The molecular formula is C34H35N2SnZr. The first kappa shape index (κ1) is 30.5. The van der Waals surface area contributed by atoms with Crippen molar-refractivity contribution in [2.75, 3.05) is 28.2 Å². The van der Waals surface area contributed by atoms with Crippen LogP contribution >= 0.6 is 0 Å². The maximum Gasteiger partial charge on any atom is 2.00 e. The molecule has 1 radical (unpaired) electrons. The molecule has 0 atom stereocenters. The summed E-state index contributed by atoms with van der Waals surface area (Å²) in [4.78, 5) is 0. The fraction of sp³-hybridized carbons (Fsp3) is 0.176. The van der Waals surface area contributed by atoms with Crippen LogP contribution in [0, 0.1) is 0 Å². The van der Waals surface area contributed by atoms with E-state index >= 15 is 0 Å². The summed E-state index contributed by atoms with van der Waals surface area (Å²) in [5.74, 6) is 0. The van der Waals surface area contributed by atoms with Crippen LogP contribution in [0.25, 0.3) is 27.3 Å². The number of hydrogen-bond acceptors (Lipinski definition) is 0. The third kappa shape index (κ3) is 6.93. The van der Waals surface area contributed by atoms with Crippen molar-refractivity contribution in [3.8, 4) is 11.1 Å². The molecule has 0 spiro atoms. The van der Waals surface area contributed by atoms with Crippen LogP contribution < -0.4 is 10.7 Å². The van der Waals surface area contributed by atoms with Gasteiger partial charge in [-0.05, 0) is 0 Å². The number of rotatable bonds is 4. The molecule has 0 saturated heterocycles. The van der Waals surface area contributed by atoms with Crippen LogP contribution in [-0.2, 0) is 32.6 Å². The van der Waals surface area contributed by atoms with Gasteiger partial charge in [-0.1, -0.05) is 0 Å². The largest absolute Gasteiger partial charge is 2.00 e. The average molecular weight is 682 g/mol. The Bertz CT molecular complexity index is 1380. The summed E-state index contributed by atoms with van der Waals surface area (Å²) in [6, 6.07) is 36.5. The number of allylic oxidation sites excluding steroid dienone is 4. The van der Waals surface area contributed by atoms with Crippen molar-refractivity contribution >= 4 is 36.1 Å². The van der Waals surface area contributed by atoms with Crippen LogP contribution in [0.1, 0.15) is 23.1 Å². The van der Waals surface area contributed by atoms with E-state index in [1.807, 2.05) is 0 Å². The second-order valence-electron chi connectivity index (χ2n) is 9.17. The van der Waals surface area contributed by atoms with Crippen molar-refractivity contribution in [1.82, 2.24) is 0 Å². The van der Waals surface area contributed by atoms with Crippen molar-refractivity contribution in [2.24, 2.45) is 0 Å². The normalized spacial score (nSPS) is 12.3. The molecule has 2 nitrogen and oxygen atoms in total. The summed E-state index contributed by atoms with van der Waals surface area (Å²) in [5, 5.41) is 7.00. The number of hydrogen-bond donors (Lipinski definition) is 0. The molecule has 0 aromatic heterocycles. The van der Waals surface area contributed by atoms with E-state index in [0.29, 0.717) is 0 Å². The zero-order valence-electron chi connectivity index (χ0n) is 22.8. The van der Waals surface area contributed by atoms with Gasteiger partial charge in [-0.25, -0.2) is 0 Å². The minimum Gasteiger partial charge on any atom is -0.668 e. The summed E-state index contributed by atoms with van der Waals surface area (Å²) in [6.45, 7) is 0. The Morgan fingerprint density at radius 2 is 1.18 bits per heavy atom. The van der Waals surface area contributed by atoms with Crippen LogP contribution in [0.5, 0.6) is 0 Å². The monoisotopic (exact) mass is 681 g/mol. The molecule has 0 saturated carbocycles. The molecule has 0 fully saturated rings. The SMILES string of the molecule is C1=CCC(c2cccc[c]2[Sn]([c]2ccccc2)[c]2cccc3c2Cc2ccccc2-3)=C1.C[N-]C.C[N-]C.[Zr+2]. The Labute approximate surface area is 255 Å². The smallest absolute Gasteiger partial charge is 0.668 e. The molecule has 0 bridgehead atoms. The number of fused-ring (bicyclic) bond motifs is 3. The van der Waals surface area contributed by atoms with Crippen LogP contribution in [0.2, 0.25) is 0 Å². The van der Waals surface area contributed by atoms with E-state index in [2.05, 4.69) is 126 Å². The first-order valence-electron chi connectivity index (χ1n) is 12.8. The Morgan fingerprint density at radius 1 is 0.605 bits per heavy atom. The van der Waals surface area contributed by atoms with Crippen molar-refractivity contribution in [1.29, 1.82) is 0 Å². The quantitative estimate of drug-likeness (QED) is 0.198. The van der Waals surface area contributed by atoms with E-state index in [-0.39, 0.29) is 26.2 Å². The fourth-order valence-corrected chi connectivity index (χ4v) is 13.6. The number of benzene rings is 4. The van der Waals surface area contributed by atoms with Crippen molar-refractivity contribution in [2.45, 2.75) is 12.8 Å². The maximum absolute atomic E-state index is 3.50. The van der Waals surface area contributed by atoms with Gasteiger partial charge in [0.05, 0.1) is 0 Å². The molecule has 4 aromatic carbocycles. The molecule has 2 aliphatic rings. The topological polar surface area (TPSA) is 28.2 Å². The zero-order valence-corrected chi connectivity index (χ0v) is 28.1. The van der Waals surface area contributed by atoms with Crippen LogP contribution in [0.3, 0.4) is 0 Å². The van der Waals surface area contributed by atoms with Crippen LogP contribution in [-0.4, -0.2) is 48.0 Å². The first-order chi connectivity index (χ1) is 18.2. The predicted molar refractivity (Wildman–Crippen MR) is 164 cm³/mol. The van der Waals surface area contributed by atoms with Crippen LogP contribution in [0.15, 0.2) is 115 Å². The Hall–Kier alpha value is -2.04.